The highest BCUT2D eigenvalue weighted by molar-refractivity contribution is 6.17. The molecule has 3 nitrogen and oxygen atoms in total. The van der Waals surface area contributed by atoms with Gasteiger partial charge in [0.05, 0.1) is 0 Å². The zero-order valence-electron chi connectivity index (χ0n) is 15.2. The minimum Gasteiger partial charge on any atom is -0.374 e. The molecule has 4 aliphatic carbocycles. The summed E-state index contributed by atoms with van der Waals surface area (Å²) in [6, 6.07) is 0. The van der Waals surface area contributed by atoms with Crippen LogP contribution in [0.15, 0.2) is 11.6 Å². The number of fused-ring (bicyclic) bond motifs is 5. The Bertz CT molecular complexity index is 635. The first kappa shape index (κ1) is 16.5. The van der Waals surface area contributed by atoms with Gasteiger partial charge in [0.1, 0.15) is 0 Å². The molecule has 0 bridgehead atoms. The van der Waals surface area contributed by atoms with Gasteiger partial charge in [-0.05, 0) is 74.7 Å². The minimum absolute atomic E-state index is 0.371. The van der Waals surface area contributed by atoms with Crippen LogP contribution in [0.3, 0.4) is 0 Å². The van der Waals surface area contributed by atoms with Gasteiger partial charge in [0.15, 0.2) is 17.2 Å². The van der Waals surface area contributed by atoms with Crippen LogP contribution in [0.2, 0.25) is 0 Å². The van der Waals surface area contributed by atoms with Crippen LogP contribution in [0.5, 0.6) is 0 Å². The minimum atomic E-state index is -1.82. The number of aliphatic hydroxyl groups is 1. The standard InChI is InChI=1S/C21H30O3/c1-13(22)21(24)18(23)12-17-15-8-7-14-6-4-5-10-19(14,2)16(15)9-11-20(17,21)3/h12,14-16,24H,4-11H2,1-3H3. The van der Waals surface area contributed by atoms with Crippen molar-refractivity contribution in [2.75, 3.05) is 0 Å². The number of rotatable bonds is 1. The van der Waals surface area contributed by atoms with Crippen molar-refractivity contribution in [1.82, 2.24) is 0 Å². The molecule has 0 heterocycles. The predicted octanol–water partition coefficient (Wildman–Crippen LogP) is 3.84. The normalized spacial score (nSPS) is 50.6. The highest BCUT2D eigenvalue weighted by atomic mass is 16.3. The van der Waals surface area contributed by atoms with Crippen LogP contribution in [0.4, 0.5) is 0 Å². The lowest BCUT2D eigenvalue weighted by molar-refractivity contribution is -0.160. The molecular weight excluding hydrogens is 300 g/mol. The molecule has 6 unspecified atom stereocenters. The molecule has 132 valence electrons. The zero-order valence-corrected chi connectivity index (χ0v) is 15.2. The molecule has 4 aliphatic rings. The average molecular weight is 330 g/mol. The fourth-order valence-electron chi connectivity index (χ4n) is 7.07. The van der Waals surface area contributed by atoms with E-state index in [-0.39, 0.29) is 5.78 Å². The van der Waals surface area contributed by atoms with Gasteiger partial charge in [-0.1, -0.05) is 32.3 Å². The van der Waals surface area contributed by atoms with Crippen molar-refractivity contribution in [3.63, 3.8) is 0 Å². The molecule has 0 aliphatic heterocycles. The molecule has 0 saturated heterocycles. The van der Waals surface area contributed by atoms with Crippen LogP contribution >= 0.6 is 0 Å². The third-order valence-corrected chi connectivity index (χ3v) is 8.55. The molecule has 0 radical (unpaired) electrons. The Morgan fingerprint density at radius 3 is 2.58 bits per heavy atom. The second-order valence-electron chi connectivity index (χ2n) is 9.34. The Balaban J connectivity index is 1.74. The average Bonchev–Trinajstić information content (AvgIpc) is 2.75. The van der Waals surface area contributed by atoms with E-state index in [4.69, 9.17) is 0 Å². The van der Waals surface area contributed by atoms with Crippen LogP contribution in [0, 0.1) is 28.6 Å². The molecule has 3 heteroatoms. The summed E-state index contributed by atoms with van der Waals surface area (Å²) in [4.78, 5) is 24.8. The molecule has 0 aromatic heterocycles. The predicted molar refractivity (Wildman–Crippen MR) is 92.3 cm³/mol. The topological polar surface area (TPSA) is 54.4 Å². The van der Waals surface area contributed by atoms with E-state index in [0.717, 1.165) is 30.8 Å². The Labute approximate surface area is 144 Å². The van der Waals surface area contributed by atoms with Gasteiger partial charge in [0.2, 0.25) is 0 Å². The summed E-state index contributed by atoms with van der Waals surface area (Å²) >= 11 is 0. The number of carbonyl (C=O) groups is 2. The smallest absolute Gasteiger partial charge is 0.195 e. The first-order chi connectivity index (χ1) is 11.2. The van der Waals surface area contributed by atoms with Gasteiger partial charge in [-0.2, -0.15) is 0 Å². The van der Waals surface area contributed by atoms with E-state index in [1.807, 2.05) is 6.92 Å². The molecule has 3 fully saturated rings. The van der Waals surface area contributed by atoms with E-state index in [1.54, 1.807) is 6.08 Å². The van der Waals surface area contributed by atoms with E-state index < -0.39 is 16.8 Å². The van der Waals surface area contributed by atoms with Gasteiger partial charge < -0.3 is 5.11 Å². The maximum absolute atomic E-state index is 12.6. The molecule has 4 rings (SSSR count). The van der Waals surface area contributed by atoms with E-state index in [1.165, 1.54) is 39.0 Å². The van der Waals surface area contributed by atoms with E-state index in [0.29, 0.717) is 17.3 Å². The Morgan fingerprint density at radius 2 is 1.88 bits per heavy atom. The molecule has 0 aromatic carbocycles. The number of Topliss-reactive ketones (excluding diaryl/α,β-unsaturated/α-hetero) is 1. The highest BCUT2D eigenvalue weighted by Crippen LogP contribution is 2.66. The van der Waals surface area contributed by atoms with Gasteiger partial charge in [-0.15, -0.1) is 0 Å². The third-order valence-electron chi connectivity index (χ3n) is 8.55. The molecule has 3 saturated carbocycles. The Morgan fingerprint density at radius 1 is 1.12 bits per heavy atom. The van der Waals surface area contributed by atoms with Crippen molar-refractivity contribution in [2.45, 2.75) is 77.7 Å². The SMILES string of the molecule is CC(=O)C1(O)C(=O)C=C2C3CCC4CCCCC4(C)C3CCC21C. The molecule has 1 N–H and O–H groups in total. The molecule has 24 heavy (non-hydrogen) atoms. The second-order valence-corrected chi connectivity index (χ2v) is 9.34. The molecule has 0 aromatic rings. The fourth-order valence-corrected chi connectivity index (χ4v) is 7.07. The fraction of sp³-hybridized carbons (Fsp3) is 0.810. The van der Waals surface area contributed by atoms with Crippen LogP contribution in [-0.2, 0) is 9.59 Å². The maximum Gasteiger partial charge on any atom is 0.195 e. The summed E-state index contributed by atoms with van der Waals surface area (Å²) in [5.74, 6) is 1.04. The van der Waals surface area contributed by atoms with Crippen molar-refractivity contribution in [2.24, 2.45) is 28.6 Å². The second kappa shape index (κ2) is 5.03. The number of carbonyl (C=O) groups excluding carboxylic acids is 2. The molecular formula is C21H30O3. The zero-order chi connectivity index (χ0) is 17.3. The third kappa shape index (κ3) is 1.77. The lowest BCUT2D eigenvalue weighted by Gasteiger charge is -2.59. The summed E-state index contributed by atoms with van der Waals surface area (Å²) in [7, 11) is 0. The van der Waals surface area contributed by atoms with Gasteiger partial charge in [-0.3, -0.25) is 9.59 Å². The van der Waals surface area contributed by atoms with Crippen LogP contribution in [0.25, 0.3) is 0 Å². The van der Waals surface area contributed by atoms with E-state index in [2.05, 4.69) is 6.92 Å². The first-order valence-electron chi connectivity index (χ1n) is 9.75. The number of ketones is 2. The summed E-state index contributed by atoms with van der Waals surface area (Å²) < 4.78 is 0. The number of hydrogen-bond donors (Lipinski definition) is 1. The summed E-state index contributed by atoms with van der Waals surface area (Å²) in [5.41, 5.74) is -1.04. The maximum atomic E-state index is 12.6. The van der Waals surface area contributed by atoms with Gasteiger partial charge in [-0.25, -0.2) is 0 Å². The lowest BCUT2D eigenvalue weighted by atomic mass is 9.45. The monoisotopic (exact) mass is 330 g/mol. The van der Waals surface area contributed by atoms with Crippen LogP contribution < -0.4 is 0 Å². The Hall–Kier alpha value is -0.960. The van der Waals surface area contributed by atoms with Crippen molar-refractivity contribution >= 4 is 11.6 Å². The van der Waals surface area contributed by atoms with Gasteiger partial charge >= 0.3 is 0 Å². The van der Waals surface area contributed by atoms with Crippen LogP contribution in [-0.4, -0.2) is 22.3 Å². The first-order valence-corrected chi connectivity index (χ1v) is 9.75. The molecule has 0 amide bonds. The molecule has 0 spiro atoms. The van der Waals surface area contributed by atoms with Crippen molar-refractivity contribution in [1.29, 1.82) is 0 Å². The van der Waals surface area contributed by atoms with Crippen LogP contribution in [0.1, 0.15) is 72.1 Å². The summed E-state index contributed by atoms with van der Waals surface area (Å²) in [6.45, 7) is 5.80. The summed E-state index contributed by atoms with van der Waals surface area (Å²) in [5, 5.41) is 11.0. The Kier molecular flexibility index (Phi) is 3.46. The number of hydrogen-bond acceptors (Lipinski definition) is 3. The van der Waals surface area contributed by atoms with E-state index in [9.17, 15) is 14.7 Å². The molecule has 6 atom stereocenters. The van der Waals surface area contributed by atoms with Crippen molar-refractivity contribution in [3.05, 3.63) is 11.6 Å². The largest absolute Gasteiger partial charge is 0.374 e. The van der Waals surface area contributed by atoms with Crippen molar-refractivity contribution in [3.8, 4) is 0 Å². The van der Waals surface area contributed by atoms with Crippen molar-refractivity contribution < 1.29 is 14.7 Å². The quantitative estimate of drug-likeness (QED) is 0.743. The van der Waals surface area contributed by atoms with Gasteiger partial charge in [0.25, 0.3) is 0 Å². The van der Waals surface area contributed by atoms with Gasteiger partial charge in [0, 0.05) is 5.41 Å². The lowest BCUT2D eigenvalue weighted by Crippen LogP contribution is -2.58. The highest BCUT2D eigenvalue weighted by Gasteiger charge is 2.66. The van der Waals surface area contributed by atoms with E-state index >= 15 is 0 Å². The summed E-state index contributed by atoms with van der Waals surface area (Å²) in [6.07, 6.45) is 11.1.